The molecule has 0 spiro atoms. The molecule has 0 bridgehead atoms. The van der Waals surface area contributed by atoms with E-state index in [1.807, 2.05) is 6.08 Å². The summed E-state index contributed by atoms with van der Waals surface area (Å²) < 4.78 is 22.9. The molecule has 14 heteroatoms. The second kappa shape index (κ2) is 62.2. The lowest BCUT2D eigenvalue weighted by Gasteiger charge is -2.46. The zero-order chi connectivity index (χ0) is 66.6. The summed E-state index contributed by atoms with van der Waals surface area (Å²) in [6, 6.07) is -0.919. The summed E-state index contributed by atoms with van der Waals surface area (Å²) in [6.45, 7) is 2.74. The number of rotatable bonds is 64. The Morgan fingerprint density at radius 2 is 0.750 bits per heavy atom. The van der Waals surface area contributed by atoms with E-state index in [1.54, 1.807) is 6.08 Å². The van der Waals surface area contributed by atoms with Gasteiger partial charge >= 0.3 is 0 Å². The van der Waals surface area contributed by atoms with E-state index in [9.17, 15) is 45.6 Å². The predicted molar refractivity (Wildman–Crippen MR) is 378 cm³/mol. The summed E-state index contributed by atoms with van der Waals surface area (Å²) in [4.78, 5) is 13.4. The average molecular weight is 1300 g/mol. The molecule has 2 rings (SSSR count). The van der Waals surface area contributed by atoms with Gasteiger partial charge in [-0.25, -0.2) is 0 Å². The number of hydrogen-bond acceptors (Lipinski definition) is 13. The number of aliphatic hydroxyl groups excluding tert-OH is 8. The van der Waals surface area contributed by atoms with Crippen LogP contribution in [0.5, 0.6) is 0 Å². The molecule has 0 aromatic heterocycles. The van der Waals surface area contributed by atoms with Gasteiger partial charge in [-0.15, -0.1) is 0 Å². The number of ether oxygens (including phenoxy) is 4. The van der Waals surface area contributed by atoms with E-state index in [1.165, 1.54) is 244 Å². The zero-order valence-electron chi connectivity index (χ0n) is 58.8. The van der Waals surface area contributed by atoms with Crippen molar-refractivity contribution >= 4 is 5.91 Å². The Morgan fingerprint density at radius 3 is 1.15 bits per heavy atom. The molecule has 1 amide bonds. The lowest BCUT2D eigenvalue weighted by Crippen LogP contribution is -2.65. The van der Waals surface area contributed by atoms with Crippen LogP contribution in [-0.2, 0) is 23.7 Å². The van der Waals surface area contributed by atoms with Gasteiger partial charge in [0, 0.05) is 6.42 Å². The van der Waals surface area contributed by atoms with Crippen molar-refractivity contribution in [2.75, 3.05) is 19.8 Å². The highest BCUT2D eigenvalue weighted by Gasteiger charge is 2.51. The number of unbranched alkanes of at least 4 members (excludes halogenated alkanes) is 43. The van der Waals surface area contributed by atoms with Crippen molar-refractivity contribution in [2.24, 2.45) is 0 Å². The topological polar surface area (TPSA) is 228 Å². The van der Waals surface area contributed by atoms with Crippen molar-refractivity contribution in [3.05, 3.63) is 60.8 Å². The molecule has 2 aliphatic heterocycles. The monoisotopic (exact) mass is 1300 g/mol. The van der Waals surface area contributed by atoms with Crippen LogP contribution in [0, 0.1) is 0 Å². The first-order chi connectivity index (χ1) is 45.1. The van der Waals surface area contributed by atoms with Gasteiger partial charge in [-0.1, -0.05) is 331 Å². The Bertz CT molecular complexity index is 1780. The molecule has 538 valence electrons. The van der Waals surface area contributed by atoms with E-state index < -0.39 is 86.8 Å². The van der Waals surface area contributed by atoms with Crippen LogP contribution in [0.3, 0.4) is 0 Å². The van der Waals surface area contributed by atoms with E-state index in [2.05, 4.69) is 67.8 Å². The third-order valence-electron chi connectivity index (χ3n) is 18.7. The maximum atomic E-state index is 13.4. The number of aliphatic hydroxyl groups is 8. The van der Waals surface area contributed by atoms with Crippen LogP contribution in [0.4, 0.5) is 0 Å². The van der Waals surface area contributed by atoms with Gasteiger partial charge in [-0.3, -0.25) is 4.79 Å². The lowest BCUT2D eigenvalue weighted by molar-refractivity contribution is -0.359. The molecule has 0 aromatic carbocycles. The molecular formula is C78H143NO13. The van der Waals surface area contributed by atoms with Gasteiger partial charge < -0.3 is 65.1 Å². The smallest absolute Gasteiger partial charge is 0.220 e. The van der Waals surface area contributed by atoms with Crippen LogP contribution in [0.1, 0.15) is 335 Å². The summed E-state index contributed by atoms with van der Waals surface area (Å²) in [5.74, 6) is -0.237. The van der Waals surface area contributed by atoms with Crippen molar-refractivity contribution in [1.82, 2.24) is 5.32 Å². The molecule has 0 radical (unpaired) electrons. The lowest BCUT2D eigenvalue weighted by atomic mass is 9.97. The van der Waals surface area contributed by atoms with Crippen LogP contribution >= 0.6 is 0 Å². The minimum atomic E-state index is -1.79. The van der Waals surface area contributed by atoms with Crippen LogP contribution in [-0.4, -0.2) is 140 Å². The molecule has 12 unspecified atom stereocenters. The summed E-state index contributed by atoms with van der Waals surface area (Å²) >= 11 is 0. The average Bonchev–Trinajstić information content (AvgIpc) is 0.882. The molecule has 2 saturated heterocycles. The van der Waals surface area contributed by atoms with Crippen LogP contribution in [0.25, 0.3) is 0 Å². The van der Waals surface area contributed by atoms with Crippen molar-refractivity contribution in [3.63, 3.8) is 0 Å². The molecular weight excluding hydrogens is 1160 g/mol. The van der Waals surface area contributed by atoms with Crippen LogP contribution in [0.15, 0.2) is 60.8 Å². The van der Waals surface area contributed by atoms with Gasteiger partial charge in [0.25, 0.3) is 0 Å². The molecule has 9 N–H and O–H groups in total. The SMILES string of the molecule is CC/C=C\C/C=C\C/C=C\C/C=C\CCCCCCCCCCCCCCCCC(=O)NC(COC1OC(CO)C(OC2OC(CO)C(O)C(O)C2O)C(O)C1O)C(O)/C=C/CCCCCCCCCCCCCCCCCCCCCCCCCCCCCCC. The number of nitrogens with one attached hydrogen (secondary N) is 1. The van der Waals surface area contributed by atoms with Crippen LogP contribution < -0.4 is 5.32 Å². The molecule has 0 aliphatic carbocycles. The third-order valence-corrected chi connectivity index (χ3v) is 18.7. The van der Waals surface area contributed by atoms with Gasteiger partial charge in [-0.2, -0.15) is 0 Å². The van der Waals surface area contributed by atoms with E-state index in [0.29, 0.717) is 6.42 Å². The first-order valence-corrected chi connectivity index (χ1v) is 38.5. The number of amides is 1. The van der Waals surface area contributed by atoms with Gasteiger partial charge in [0.2, 0.25) is 5.91 Å². The Kier molecular flexibility index (Phi) is 58.0. The fraction of sp³-hybridized carbons (Fsp3) is 0.859. The van der Waals surface area contributed by atoms with E-state index in [-0.39, 0.29) is 18.9 Å². The van der Waals surface area contributed by atoms with Crippen molar-refractivity contribution in [3.8, 4) is 0 Å². The normalized spacial score (nSPS) is 23.0. The van der Waals surface area contributed by atoms with Gasteiger partial charge in [0.1, 0.15) is 48.8 Å². The highest BCUT2D eigenvalue weighted by molar-refractivity contribution is 5.76. The fourth-order valence-corrected chi connectivity index (χ4v) is 12.6. The summed E-state index contributed by atoms with van der Waals surface area (Å²) in [5, 5.41) is 87.6. The Labute approximate surface area is 562 Å². The standard InChI is InChI=1S/C78H143NO13/c1-3-5-7-9-11-13-15-17-19-21-23-25-27-29-31-32-33-34-36-37-39-41-43-45-47-49-51-53-55-57-59-61-67(82)66(65-89-77-75(88)73(86)76(69(64-81)91-77)92-78-74(87)72(85)71(84)68(63-80)90-78)79-70(83)62-60-58-56-54-52-50-48-46-44-42-40-38-35-30-28-26-24-22-20-18-16-14-12-10-8-6-4-2/h6,8,12,14,18,20,24,26,59,61,66-69,71-78,80-82,84-88H,3-5,7,9-11,13,15-17,19,21-23,25,27-58,60,62-65H2,1-2H3,(H,79,83)/b8-6-,14-12-,20-18-,26-24-,61-59+. The van der Waals surface area contributed by atoms with E-state index in [4.69, 9.17) is 18.9 Å². The minimum Gasteiger partial charge on any atom is -0.394 e. The first-order valence-electron chi connectivity index (χ1n) is 38.5. The number of allylic oxidation sites excluding steroid dienone is 9. The summed E-state index contributed by atoms with van der Waals surface area (Å²) in [6.07, 6.45) is 67.2. The molecule has 12 atom stereocenters. The van der Waals surface area contributed by atoms with Gasteiger partial charge in [0.05, 0.1) is 32.0 Å². The Balaban J connectivity index is 1.64. The van der Waals surface area contributed by atoms with Crippen LogP contribution in [0.2, 0.25) is 0 Å². The van der Waals surface area contributed by atoms with Gasteiger partial charge in [-0.05, 0) is 57.8 Å². The molecule has 2 aliphatic rings. The second-order valence-corrected chi connectivity index (χ2v) is 27.1. The Hall–Kier alpha value is -2.31. The molecule has 0 aromatic rings. The zero-order valence-corrected chi connectivity index (χ0v) is 58.8. The van der Waals surface area contributed by atoms with Crippen molar-refractivity contribution in [2.45, 2.75) is 408 Å². The van der Waals surface area contributed by atoms with Gasteiger partial charge in [0.15, 0.2) is 12.6 Å². The largest absolute Gasteiger partial charge is 0.394 e. The predicted octanol–water partition coefficient (Wildman–Crippen LogP) is 16.8. The van der Waals surface area contributed by atoms with Crippen molar-refractivity contribution in [1.29, 1.82) is 0 Å². The fourth-order valence-electron chi connectivity index (χ4n) is 12.6. The maximum Gasteiger partial charge on any atom is 0.220 e. The number of carbonyl (C=O) groups is 1. The minimum absolute atomic E-state index is 0.237. The maximum absolute atomic E-state index is 13.4. The Morgan fingerprint density at radius 1 is 0.402 bits per heavy atom. The molecule has 92 heavy (non-hydrogen) atoms. The number of hydrogen-bond donors (Lipinski definition) is 9. The first kappa shape index (κ1) is 85.8. The molecule has 2 fully saturated rings. The summed E-state index contributed by atoms with van der Waals surface area (Å²) in [7, 11) is 0. The molecule has 2 heterocycles. The highest BCUT2D eigenvalue weighted by atomic mass is 16.7. The molecule has 0 saturated carbocycles. The summed E-state index contributed by atoms with van der Waals surface area (Å²) in [5.41, 5.74) is 0. The third kappa shape index (κ3) is 45.2. The number of carbonyl (C=O) groups excluding carboxylic acids is 1. The van der Waals surface area contributed by atoms with Crippen molar-refractivity contribution < 1.29 is 64.6 Å². The van der Waals surface area contributed by atoms with E-state index >= 15 is 0 Å². The van der Waals surface area contributed by atoms with E-state index in [0.717, 1.165) is 64.2 Å². The highest BCUT2D eigenvalue weighted by Crippen LogP contribution is 2.30. The second-order valence-electron chi connectivity index (χ2n) is 27.1. The quantitative estimate of drug-likeness (QED) is 0.0204. The molecule has 14 nitrogen and oxygen atoms in total.